The topological polar surface area (TPSA) is 69.0 Å². The van der Waals surface area contributed by atoms with Crippen LogP contribution in [0.15, 0.2) is 24.4 Å². The summed E-state index contributed by atoms with van der Waals surface area (Å²) in [6.45, 7) is 5.41. The predicted molar refractivity (Wildman–Crippen MR) is 82.1 cm³/mol. The molecular formula is C16H20N4O2. The largest absolute Gasteiger partial charge is 0.376 e. The van der Waals surface area contributed by atoms with Gasteiger partial charge in [-0.25, -0.2) is 4.68 Å². The van der Waals surface area contributed by atoms with Gasteiger partial charge in [0.25, 0.3) is 5.91 Å². The monoisotopic (exact) mass is 300 g/mol. The quantitative estimate of drug-likeness (QED) is 0.934. The van der Waals surface area contributed by atoms with Crippen molar-refractivity contribution in [2.75, 3.05) is 13.2 Å². The number of carbonyl (C=O) groups is 1. The van der Waals surface area contributed by atoms with Crippen molar-refractivity contribution < 1.29 is 9.53 Å². The third-order valence-electron chi connectivity index (χ3n) is 4.00. The van der Waals surface area contributed by atoms with Crippen LogP contribution in [0.3, 0.4) is 0 Å². The average Bonchev–Trinajstić information content (AvgIpc) is 3.18. The molecule has 0 radical (unpaired) electrons. The number of rotatable bonds is 4. The molecule has 1 amide bonds. The lowest BCUT2D eigenvalue weighted by atomic mass is 10.1. The van der Waals surface area contributed by atoms with Crippen LogP contribution in [0, 0.1) is 13.8 Å². The second kappa shape index (κ2) is 6.27. The molecule has 22 heavy (non-hydrogen) atoms. The third kappa shape index (κ3) is 3.17. The highest BCUT2D eigenvalue weighted by molar-refractivity contribution is 5.91. The number of carbonyl (C=O) groups excluding carboxylic acids is 1. The van der Waals surface area contributed by atoms with Gasteiger partial charge in [0.05, 0.1) is 18.0 Å². The van der Waals surface area contributed by atoms with Gasteiger partial charge >= 0.3 is 0 Å². The average molecular weight is 300 g/mol. The molecule has 1 aromatic heterocycles. The van der Waals surface area contributed by atoms with Gasteiger partial charge in [-0.05, 0) is 49.9 Å². The first-order valence-corrected chi connectivity index (χ1v) is 7.53. The molecule has 1 aromatic carbocycles. The summed E-state index contributed by atoms with van der Waals surface area (Å²) in [6.07, 6.45) is 3.83. The molecule has 0 spiro atoms. The fourth-order valence-electron chi connectivity index (χ4n) is 2.46. The molecule has 6 heteroatoms. The molecule has 6 nitrogen and oxygen atoms in total. The molecule has 1 saturated heterocycles. The molecule has 1 atom stereocenters. The molecule has 0 saturated carbocycles. The minimum atomic E-state index is -0.217. The lowest BCUT2D eigenvalue weighted by molar-refractivity contribution is 0.0853. The maximum Gasteiger partial charge on any atom is 0.273 e. The number of amides is 1. The molecular weight excluding hydrogens is 280 g/mol. The summed E-state index contributed by atoms with van der Waals surface area (Å²) in [7, 11) is 0. The summed E-state index contributed by atoms with van der Waals surface area (Å²) in [6, 6.07) is 6.02. The maximum atomic E-state index is 12.1. The van der Waals surface area contributed by atoms with Gasteiger partial charge in [-0.2, -0.15) is 0 Å². The van der Waals surface area contributed by atoms with Crippen molar-refractivity contribution in [1.82, 2.24) is 20.3 Å². The van der Waals surface area contributed by atoms with E-state index in [4.69, 9.17) is 4.74 Å². The van der Waals surface area contributed by atoms with E-state index in [1.54, 1.807) is 10.9 Å². The Morgan fingerprint density at radius 2 is 2.27 bits per heavy atom. The number of hydrogen-bond acceptors (Lipinski definition) is 4. The summed E-state index contributed by atoms with van der Waals surface area (Å²) in [5, 5.41) is 10.8. The van der Waals surface area contributed by atoms with Gasteiger partial charge in [0, 0.05) is 13.2 Å². The Balaban J connectivity index is 1.67. The highest BCUT2D eigenvalue weighted by atomic mass is 16.5. The van der Waals surface area contributed by atoms with Crippen LogP contribution in [0.2, 0.25) is 0 Å². The maximum absolute atomic E-state index is 12.1. The first-order valence-electron chi connectivity index (χ1n) is 7.53. The van der Waals surface area contributed by atoms with Gasteiger partial charge in [-0.1, -0.05) is 11.3 Å². The Morgan fingerprint density at radius 1 is 1.41 bits per heavy atom. The van der Waals surface area contributed by atoms with E-state index in [0.717, 1.165) is 25.1 Å². The van der Waals surface area contributed by atoms with Gasteiger partial charge < -0.3 is 10.1 Å². The van der Waals surface area contributed by atoms with E-state index >= 15 is 0 Å². The Labute approximate surface area is 129 Å². The normalized spacial score (nSPS) is 17.6. The second-order valence-electron chi connectivity index (χ2n) is 5.66. The first-order chi connectivity index (χ1) is 10.6. The molecule has 0 bridgehead atoms. The molecule has 1 fully saturated rings. The Morgan fingerprint density at radius 3 is 3.00 bits per heavy atom. The molecule has 116 valence electrons. The van der Waals surface area contributed by atoms with Crippen molar-refractivity contribution in [2.24, 2.45) is 0 Å². The van der Waals surface area contributed by atoms with Crippen LogP contribution >= 0.6 is 0 Å². The van der Waals surface area contributed by atoms with Crippen molar-refractivity contribution in [3.8, 4) is 5.69 Å². The van der Waals surface area contributed by atoms with Crippen LogP contribution in [-0.4, -0.2) is 40.2 Å². The van der Waals surface area contributed by atoms with Crippen LogP contribution in [-0.2, 0) is 4.74 Å². The number of aromatic nitrogens is 3. The van der Waals surface area contributed by atoms with Gasteiger partial charge in [0.1, 0.15) is 0 Å². The van der Waals surface area contributed by atoms with Crippen molar-refractivity contribution in [3.63, 3.8) is 0 Å². The Kier molecular flexibility index (Phi) is 4.20. The van der Waals surface area contributed by atoms with E-state index in [2.05, 4.69) is 22.6 Å². The van der Waals surface area contributed by atoms with Crippen LogP contribution < -0.4 is 5.32 Å². The van der Waals surface area contributed by atoms with E-state index in [9.17, 15) is 4.79 Å². The van der Waals surface area contributed by atoms with Gasteiger partial charge in [0.2, 0.25) is 0 Å². The lowest BCUT2D eigenvalue weighted by Crippen LogP contribution is -2.31. The van der Waals surface area contributed by atoms with Crippen molar-refractivity contribution in [2.45, 2.75) is 32.8 Å². The van der Waals surface area contributed by atoms with E-state index in [1.165, 1.54) is 11.1 Å². The van der Waals surface area contributed by atoms with Crippen LogP contribution in [0.5, 0.6) is 0 Å². The van der Waals surface area contributed by atoms with Gasteiger partial charge in [-0.3, -0.25) is 4.79 Å². The predicted octanol–water partition coefficient (Wildman–Crippen LogP) is 1.79. The van der Waals surface area contributed by atoms with Crippen molar-refractivity contribution in [1.29, 1.82) is 0 Å². The Bertz CT molecular complexity index is 675. The minimum absolute atomic E-state index is 0.124. The van der Waals surface area contributed by atoms with Crippen molar-refractivity contribution in [3.05, 3.63) is 41.2 Å². The van der Waals surface area contributed by atoms with E-state index in [1.807, 2.05) is 25.1 Å². The number of ether oxygens (including phenoxy) is 1. The fraction of sp³-hybridized carbons (Fsp3) is 0.438. The number of nitrogens with one attached hydrogen (secondary N) is 1. The van der Waals surface area contributed by atoms with E-state index in [-0.39, 0.29) is 12.0 Å². The highest BCUT2D eigenvalue weighted by Crippen LogP contribution is 2.14. The number of aryl methyl sites for hydroxylation is 2. The summed E-state index contributed by atoms with van der Waals surface area (Å²) < 4.78 is 7.10. The third-order valence-corrected chi connectivity index (χ3v) is 4.00. The number of nitrogens with zero attached hydrogens (tertiary/aromatic N) is 3. The first kappa shape index (κ1) is 14.7. The van der Waals surface area contributed by atoms with Crippen molar-refractivity contribution >= 4 is 5.91 Å². The van der Waals surface area contributed by atoms with Gasteiger partial charge in [-0.15, -0.1) is 5.10 Å². The molecule has 1 aliphatic rings. The number of hydrogen-bond donors (Lipinski definition) is 1. The number of benzene rings is 1. The summed E-state index contributed by atoms with van der Waals surface area (Å²) in [5.74, 6) is -0.217. The summed E-state index contributed by atoms with van der Waals surface area (Å²) in [5.41, 5.74) is 3.61. The molecule has 2 aromatic rings. The van der Waals surface area contributed by atoms with Crippen LogP contribution in [0.4, 0.5) is 0 Å². The SMILES string of the molecule is Cc1ccc(-n2cc(C(=O)NC[C@@H]3CCCO3)nn2)cc1C. The molecule has 3 rings (SSSR count). The molecule has 2 heterocycles. The van der Waals surface area contributed by atoms with E-state index in [0.29, 0.717) is 12.2 Å². The molecule has 1 aliphatic heterocycles. The van der Waals surface area contributed by atoms with Gasteiger partial charge in [0.15, 0.2) is 5.69 Å². The highest BCUT2D eigenvalue weighted by Gasteiger charge is 2.18. The lowest BCUT2D eigenvalue weighted by Gasteiger charge is -2.09. The second-order valence-corrected chi connectivity index (χ2v) is 5.66. The van der Waals surface area contributed by atoms with E-state index < -0.39 is 0 Å². The fourth-order valence-corrected chi connectivity index (χ4v) is 2.46. The van der Waals surface area contributed by atoms with Crippen LogP contribution in [0.1, 0.15) is 34.5 Å². The smallest absolute Gasteiger partial charge is 0.273 e. The zero-order valence-corrected chi connectivity index (χ0v) is 12.9. The zero-order valence-electron chi connectivity index (χ0n) is 12.9. The molecule has 0 unspecified atom stereocenters. The molecule has 0 aliphatic carbocycles. The summed E-state index contributed by atoms with van der Waals surface area (Å²) in [4.78, 5) is 12.1. The van der Waals surface area contributed by atoms with Crippen LogP contribution in [0.25, 0.3) is 5.69 Å². The standard InChI is InChI=1S/C16H20N4O2/c1-11-5-6-13(8-12(11)2)20-10-15(18-19-20)16(21)17-9-14-4-3-7-22-14/h5-6,8,10,14H,3-4,7,9H2,1-2H3,(H,17,21)/t14-/m0/s1. The summed E-state index contributed by atoms with van der Waals surface area (Å²) >= 11 is 0. The molecule has 1 N–H and O–H groups in total. The zero-order chi connectivity index (χ0) is 15.5. The Hall–Kier alpha value is -2.21. The minimum Gasteiger partial charge on any atom is -0.376 e.